The summed E-state index contributed by atoms with van der Waals surface area (Å²) in [5.74, 6) is 0. The van der Waals surface area contributed by atoms with Crippen molar-refractivity contribution in [2.24, 2.45) is 0 Å². The van der Waals surface area contributed by atoms with Crippen LogP contribution in [-0.2, 0) is 0 Å². The van der Waals surface area contributed by atoms with Gasteiger partial charge >= 0.3 is 0 Å². The minimum atomic E-state index is 0.561. The predicted molar refractivity (Wildman–Crippen MR) is 43.0 cm³/mol. The highest BCUT2D eigenvalue weighted by Gasteiger charge is 1.95. The SMILES string of the molecule is Clc1[c]c(Br)c(Cl)cc1. The van der Waals surface area contributed by atoms with Gasteiger partial charge in [-0.3, -0.25) is 0 Å². The molecule has 0 aliphatic heterocycles. The van der Waals surface area contributed by atoms with E-state index in [9.17, 15) is 0 Å². The van der Waals surface area contributed by atoms with E-state index >= 15 is 0 Å². The fraction of sp³-hybridized carbons (Fsp3) is 0. The lowest BCUT2D eigenvalue weighted by atomic mass is 10.4. The van der Waals surface area contributed by atoms with Crippen LogP contribution in [0.25, 0.3) is 0 Å². The molecule has 1 aromatic rings. The average molecular weight is 225 g/mol. The maximum atomic E-state index is 5.64. The second-order valence-electron chi connectivity index (χ2n) is 1.47. The zero-order valence-corrected chi connectivity index (χ0v) is 7.39. The maximum Gasteiger partial charge on any atom is 0.0555 e. The molecule has 0 nitrogen and oxygen atoms in total. The molecule has 9 heavy (non-hydrogen) atoms. The molecule has 0 fully saturated rings. The highest BCUT2D eigenvalue weighted by atomic mass is 79.9. The molecule has 3 heteroatoms. The molecule has 0 saturated carbocycles. The summed E-state index contributed by atoms with van der Waals surface area (Å²) in [6, 6.07) is 6.19. The lowest BCUT2D eigenvalue weighted by molar-refractivity contribution is 1.63. The number of hydrogen-bond donors (Lipinski definition) is 0. The van der Waals surface area contributed by atoms with E-state index in [2.05, 4.69) is 22.0 Å². The first-order chi connectivity index (χ1) is 4.20. The van der Waals surface area contributed by atoms with Crippen LogP contribution in [0.4, 0.5) is 0 Å². The normalized spacial score (nSPS) is 9.67. The zero-order valence-electron chi connectivity index (χ0n) is 4.29. The summed E-state index contributed by atoms with van der Waals surface area (Å²) in [7, 11) is 0. The van der Waals surface area contributed by atoms with Gasteiger partial charge in [-0.05, 0) is 28.1 Å². The molecule has 0 amide bonds. The van der Waals surface area contributed by atoms with Crippen molar-refractivity contribution in [1.82, 2.24) is 0 Å². The maximum absolute atomic E-state index is 5.64. The third-order valence-electron chi connectivity index (χ3n) is 0.815. The monoisotopic (exact) mass is 223 g/mol. The standard InChI is InChI=1S/C6H2BrCl2/c7-5-3-4(8)1-2-6(5)9/h1-2H. The van der Waals surface area contributed by atoms with E-state index in [1.54, 1.807) is 12.1 Å². The third-order valence-corrected chi connectivity index (χ3v) is 2.20. The van der Waals surface area contributed by atoms with Crippen molar-refractivity contribution in [2.45, 2.75) is 0 Å². The van der Waals surface area contributed by atoms with Gasteiger partial charge in [-0.15, -0.1) is 0 Å². The van der Waals surface area contributed by atoms with Crippen molar-refractivity contribution in [3.8, 4) is 0 Å². The molecule has 47 valence electrons. The molecule has 1 rings (SSSR count). The summed E-state index contributed by atoms with van der Waals surface area (Å²) >= 11 is 14.4. The minimum absolute atomic E-state index is 0.561. The molecule has 0 spiro atoms. The molecule has 0 aromatic heterocycles. The molecular weight excluding hydrogens is 223 g/mol. The Balaban J connectivity index is 3.17. The topological polar surface area (TPSA) is 0 Å². The fourth-order valence-electron chi connectivity index (χ4n) is 0.426. The molecule has 0 bridgehead atoms. The number of halogens is 3. The second-order valence-corrected chi connectivity index (χ2v) is 3.08. The van der Waals surface area contributed by atoms with Crippen molar-refractivity contribution in [3.05, 3.63) is 32.7 Å². The van der Waals surface area contributed by atoms with Gasteiger partial charge in [-0.1, -0.05) is 23.2 Å². The van der Waals surface area contributed by atoms with Crippen LogP contribution in [0.3, 0.4) is 0 Å². The summed E-state index contributed by atoms with van der Waals surface area (Å²) in [6.07, 6.45) is 0. The third kappa shape index (κ3) is 1.85. The van der Waals surface area contributed by atoms with Crippen LogP contribution in [0.1, 0.15) is 0 Å². The lowest BCUT2D eigenvalue weighted by Crippen LogP contribution is -1.67. The molecule has 1 radical (unpaired) electrons. The van der Waals surface area contributed by atoms with E-state index in [1.165, 1.54) is 0 Å². The first-order valence-electron chi connectivity index (χ1n) is 2.23. The smallest absolute Gasteiger partial charge is 0.0555 e. The van der Waals surface area contributed by atoms with Gasteiger partial charge in [0.05, 0.1) is 5.02 Å². The van der Waals surface area contributed by atoms with Gasteiger partial charge in [-0.25, -0.2) is 0 Å². The van der Waals surface area contributed by atoms with Crippen LogP contribution in [0, 0.1) is 6.07 Å². The summed E-state index contributed by atoms with van der Waals surface area (Å²) < 4.78 is 0.705. The fourth-order valence-corrected chi connectivity index (χ4v) is 1.15. The Hall–Kier alpha value is 0.280. The Bertz CT molecular complexity index is 222. The molecule has 0 saturated heterocycles. The molecule has 0 unspecified atom stereocenters. The Labute approximate surface area is 71.9 Å². The van der Waals surface area contributed by atoms with Crippen molar-refractivity contribution in [3.63, 3.8) is 0 Å². The number of benzene rings is 1. The summed E-state index contributed by atoms with van der Waals surface area (Å²) in [5.41, 5.74) is 0. The van der Waals surface area contributed by atoms with Gasteiger partial charge in [0.1, 0.15) is 0 Å². The van der Waals surface area contributed by atoms with E-state index in [0.29, 0.717) is 14.5 Å². The quantitative estimate of drug-likeness (QED) is 0.592. The molecule has 0 atom stereocenters. The summed E-state index contributed by atoms with van der Waals surface area (Å²) in [5, 5.41) is 1.19. The largest absolute Gasteiger partial charge is 0.0836 e. The Morgan fingerprint density at radius 2 is 2.00 bits per heavy atom. The molecule has 0 heterocycles. The number of hydrogen-bond acceptors (Lipinski definition) is 0. The highest BCUT2D eigenvalue weighted by Crippen LogP contribution is 2.24. The number of rotatable bonds is 0. The van der Waals surface area contributed by atoms with Crippen LogP contribution in [0.2, 0.25) is 10.0 Å². The van der Waals surface area contributed by atoms with Crippen molar-refractivity contribution >= 4 is 39.1 Å². The second kappa shape index (κ2) is 2.91. The predicted octanol–water partition coefficient (Wildman–Crippen LogP) is 3.56. The van der Waals surface area contributed by atoms with E-state index in [0.717, 1.165) is 0 Å². The zero-order chi connectivity index (χ0) is 6.85. The Morgan fingerprint density at radius 3 is 2.44 bits per heavy atom. The first kappa shape index (κ1) is 7.39. The molecular formula is C6H2BrCl2. The Morgan fingerprint density at radius 1 is 1.33 bits per heavy atom. The first-order valence-corrected chi connectivity index (χ1v) is 3.78. The van der Waals surface area contributed by atoms with Crippen molar-refractivity contribution in [1.29, 1.82) is 0 Å². The highest BCUT2D eigenvalue weighted by molar-refractivity contribution is 9.10. The van der Waals surface area contributed by atoms with Gasteiger partial charge in [0, 0.05) is 15.6 Å². The van der Waals surface area contributed by atoms with E-state index < -0.39 is 0 Å². The average Bonchev–Trinajstić information content (AvgIpc) is 1.80. The van der Waals surface area contributed by atoms with Gasteiger partial charge < -0.3 is 0 Å². The van der Waals surface area contributed by atoms with E-state index in [4.69, 9.17) is 23.2 Å². The molecule has 1 aromatic carbocycles. The van der Waals surface area contributed by atoms with Crippen LogP contribution in [0.15, 0.2) is 16.6 Å². The van der Waals surface area contributed by atoms with Gasteiger partial charge in [0.15, 0.2) is 0 Å². The van der Waals surface area contributed by atoms with Gasteiger partial charge in [0.25, 0.3) is 0 Å². The van der Waals surface area contributed by atoms with E-state index in [-0.39, 0.29) is 0 Å². The molecule has 0 aliphatic carbocycles. The summed E-state index contributed by atoms with van der Waals surface area (Å²) in [6.45, 7) is 0. The molecule has 0 N–H and O–H groups in total. The Kier molecular flexibility index (Phi) is 2.39. The van der Waals surface area contributed by atoms with Gasteiger partial charge in [0.2, 0.25) is 0 Å². The van der Waals surface area contributed by atoms with Crippen LogP contribution in [-0.4, -0.2) is 0 Å². The summed E-state index contributed by atoms with van der Waals surface area (Å²) in [4.78, 5) is 0. The lowest BCUT2D eigenvalue weighted by Gasteiger charge is -1.92. The van der Waals surface area contributed by atoms with Crippen molar-refractivity contribution in [2.75, 3.05) is 0 Å². The van der Waals surface area contributed by atoms with E-state index in [1.807, 2.05) is 0 Å². The van der Waals surface area contributed by atoms with Gasteiger partial charge in [-0.2, -0.15) is 0 Å². The van der Waals surface area contributed by atoms with Crippen LogP contribution < -0.4 is 0 Å². The van der Waals surface area contributed by atoms with Crippen LogP contribution >= 0.6 is 39.1 Å². The molecule has 0 aliphatic rings. The van der Waals surface area contributed by atoms with Crippen LogP contribution in [0.5, 0.6) is 0 Å². The van der Waals surface area contributed by atoms with Crippen molar-refractivity contribution < 1.29 is 0 Å². The minimum Gasteiger partial charge on any atom is -0.0836 e.